The molecule has 2 aromatic rings. The highest BCUT2D eigenvalue weighted by molar-refractivity contribution is 5.85. The van der Waals surface area contributed by atoms with Crippen molar-refractivity contribution in [3.8, 4) is 0 Å². The molecule has 0 heterocycles. The number of rotatable bonds is 8. The maximum atomic E-state index is 12.9. The van der Waals surface area contributed by atoms with Crippen molar-refractivity contribution in [3.63, 3.8) is 0 Å². The van der Waals surface area contributed by atoms with Crippen molar-refractivity contribution in [2.75, 3.05) is 13.2 Å². The highest BCUT2D eigenvalue weighted by Gasteiger charge is 2.41. The molecule has 0 saturated carbocycles. The van der Waals surface area contributed by atoms with Crippen LogP contribution < -0.4 is 17.3 Å². The van der Waals surface area contributed by atoms with E-state index in [9.17, 15) is 9.90 Å². The minimum atomic E-state index is -1.81. The third kappa shape index (κ3) is 5.55. The van der Waals surface area contributed by atoms with Gasteiger partial charge in [-0.05, 0) is 38.8 Å². The monoisotopic (exact) mass is 391 g/mol. The summed E-state index contributed by atoms with van der Waals surface area (Å²) in [6, 6.07) is 18.8. The van der Waals surface area contributed by atoms with Gasteiger partial charge in [0.1, 0.15) is 13.2 Å². The van der Waals surface area contributed by atoms with E-state index in [0.29, 0.717) is 29.8 Å². The fraction of sp³-hybridized carbons (Fsp3) is 0.409. The lowest BCUT2D eigenvalue weighted by Crippen LogP contribution is -3.18. The lowest BCUT2D eigenvalue weighted by Gasteiger charge is -2.29. The molecule has 0 radical (unpaired) electrons. The van der Waals surface area contributed by atoms with Gasteiger partial charge >= 0.3 is 5.97 Å². The van der Waals surface area contributed by atoms with Crippen molar-refractivity contribution in [1.29, 1.82) is 0 Å². The van der Waals surface area contributed by atoms with Gasteiger partial charge in [0.15, 0.2) is 0 Å². The van der Waals surface area contributed by atoms with E-state index in [4.69, 9.17) is 4.74 Å². The standard InChI is InChI=1S/C22H29NO3.ClH/c1-17(2)23(18(3)4)15-16-26-21(24)22(25,19-11-7-5-8-12-19)20-13-9-6-10-14-20;/h5-14,17-18,25H,15-16H2,1-4H3;1H. The smallest absolute Gasteiger partial charge is 0.347 e. The number of ether oxygens (including phenoxy) is 1. The number of esters is 1. The quantitative estimate of drug-likeness (QED) is 0.578. The van der Waals surface area contributed by atoms with E-state index in [2.05, 4.69) is 27.7 Å². The number of aliphatic hydroxyl groups is 1. The van der Waals surface area contributed by atoms with E-state index in [-0.39, 0.29) is 19.0 Å². The molecule has 148 valence electrons. The Hall–Kier alpha value is -1.88. The van der Waals surface area contributed by atoms with E-state index in [0.717, 1.165) is 0 Å². The summed E-state index contributed by atoms with van der Waals surface area (Å²) in [7, 11) is 0. The first-order chi connectivity index (χ1) is 12.4. The third-order valence-corrected chi connectivity index (χ3v) is 4.79. The van der Waals surface area contributed by atoms with Crippen LogP contribution in [0.15, 0.2) is 60.7 Å². The molecule has 2 rings (SSSR count). The fourth-order valence-corrected chi connectivity index (χ4v) is 3.37. The highest BCUT2D eigenvalue weighted by Crippen LogP contribution is 2.30. The average molecular weight is 392 g/mol. The summed E-state index contributed by atoms with van der Waals surface area (Å²) in [6.07, 6.45) is 0. The SMILES string of the molecule is CC(C)[NH+](CCOC(=O)C(O)(c1ccccc1)c1ccccc1)C(C)C.[Cl-]. The van der Waals surface area contributed by atoms with Crippen LogP contribution in [0, 0.1) is 0 Å². The first-order valence-electron chi connectivity index (χ1n) is 9.23. The number of hydrogen-bond acceptors (Lipinski definition) is 3. The number of nitrogens with one attached hydrogen (secondary N) is 1. The normalized spacial score (nSPS) is 11.6. The highest BCUT2D eigenvalue weighted by atomic mass is 35.5. The summed E-state index contributed by atoms with van der Waals surface area (Å²) in [5, 5.41) is 11.3. The average Bonchev–Trinajstić information content (AvgIpc) is 2.65. The second-order valence-electron chi connectivity index (χ2n) is 7.21. The number of quaternary nitrogens is 1. The number of benzene rings is 2. The van der Waals surface area contributed by atoms with Crippen LogP contribution in [-0.4, -0.2) is 36.3 Å². The van der Waals surface area contributed by atoms with Gasteiger partial charge in [0.05, 0.1) is 12.1 Å². The third-order valence-electron chi connectivity index (χ3n) is 4.79. The molecule has 27 heavy (non-hydrogen) atoms. The van der Waals surface area contributed by atoms with Crippen LogP contribution in [0.1, 0.15) is 38.8 Å². The Labute approximate surface area is 168 Å². The summed E-state index contributed by atoms with van der Waals surface area (Å²) in [5.74, 6) is -0.637. The zero-order valence-electron chi connectivity index (χ0n) is 16.5. The Morgan fingerprint density at radius 1 is 0.926 bits per heavy atom. The van der Waals surface area contributed by atoms with Crippen molar-refractivity contribution in [1.82, 2.24) is 0 Å². The minimum Gasteiger partial charge on any atom is -1.00 e. The van der Waals surface area contributed by atoms with Crippen molar-refractivity contribution in [3.05, 3.63) is 71.8 Å². The molecule has 0 saturated heterocycles. The Kier molecular flexibility index (Phi) is 8.97. The van der Waals surface area contributed by atoms with Crippen LogP contribution >= 0.6 is 0 Å². The molecule has 0 atom stereocenters. The Morgan fingerprint density at radius 3 is 1.70 bits per heavy atom. The minimum absolute atomic E-state index is 0. The molecule has 0 aliphatic rings. The molecule has 0 bridgehead atoms. The summed E-state index contributed by atoms with van der Waals surface area (Å²) >= 11 is 0. The number of carbonyl (C=O) groups excluding carboxylic acids is 1. The van der Waals surface area contributed by atoms with E-state index >= 15 is 0 Å². The van der Waals surface area contributed by atoms with Crippen LogP contribution in [0.5, 0.6) is 0 Å². The molecule has 0 aliphatic heterocycles. The first-order valence-corrected chi connectivity index (χ1v) is 9.23. The molecule has 0 unspecified atom stereocenters. The summed E-state index contributed by atoms with van der Waals surface area (Å²) in [4.78, 5) is 14.3. The Bertz CT molecular complexity index is 642. The first kappa shape index (κ1) is 23.2. The molecule has 2 N–H and O–H groups in total. The van der Waals surface area contributed by atoms with Crippen molar-refractivity contribution in [2.24, 2.45) is 0 Å². The summed E-state index contributed by atoms with van der Waals surface area (Å²) in [5.41, 5.74) is -0.792. The topological polar surface area (TPSA) is 51.0 Å². The molecule has 0 amide bonds. The Balaban J connectivity index is 0.00000364. The predicted molar refractivity (Wildman–Crippen MR) is 103 cm³/mol. The molecule has 0 aliphatic carbocycles. The van der Waals surface area contributed by atoms with Crippen LogP contribution in [0.3, 0.4) is 0 Å². The predicted octanol–water partition coefficient (Wildman–Crippen LogP) is -0.829. The summed E-state index contributed by atoms with van der Waals surface area (Å²) < 4.78 is 5.54. The van der Waals surface area contributed by atoms with Gasteiger partial charge in [-0.3, -0.25) is 0 Å². The van der Waals surface area contributed by atoms with Gasteiger partial charge in [-0.1, -0.05) is 60.7 Å². The molecule has 0 aromatic heterocycles. The maximum absolute atomic E-state index is 12.9. The maximum Gasteiger partial charge on any atom is 0.347 e. The van der Waals surface area contributed by atoms with Crippen LogP contribution in [0.4, 0.5) is 0 Å². The van der Waals surface area contributed by atoms with Crippen molar-refractivity contribution < 1.29 is 31.9 Å². The zero-order valence-corrected chi connectivity index (χ0v) is 17.2. The van der Waals surface area contributed by atoms with Crippen LogP contribution in [0.2, 0.25) is 0 Å². The number of hydrogen-bond donors (Lipinski definition) is 2. The second kappa shape index (κ2) is 10.5. The van der Waals surface area contributed by atoms with Crippen molar-refractivity contribution in [2.45, 2.75) is 45.4 Å². The molecular formula is C22H30ClNO3. The zero-order chi connectivity index (χ0) is 19.2. The molecular weight excluding hydrogens is 362 g/mol. The van der Waals surface area contributed by atoms with E-state index in [1.54, 1.807) is 48.5 Å². The van der Waals surface area contributed by atoms with E-state index in [1.807, 2.05) is 12.1 Å². The van der Waals surface area contributed by atoms with Gasteiger partial charge in [0, 0.05) is 0 Å². The van der Waals surface area contributed by atoms with Gasteiger partial charge in [0.25, 0.3) is 0 Å². The summed E-state index contributed by atoms with van der Waals surface area (Å²) in [6.45, 7) is 9.60. The molecule has 5 heteroatoms. The van der Waals surface area contributed by atoms with Crippen molar-refractivity contribution >= 4 is 5.97 Å². The molecule has 4 nitrogen and oxygen atoms in total. The number of carbonyl (C=O) groups is 1. The second-order valence-corrected chi connectivity index (χ2v) is 7.21. The van der Waals surface area contributed by atoms with E-state index < -0.39 is 11.6 Å². The fourth-order valence-electron chi connectivity index (χ4n) is 3.37. The Morgan fingerprint density at radius 2 is 1.33 bits per heavy atom. The largest absolute Gasteiger partial charge is 1.00 e. The van der Waals surface area contributed by atoms with Gasteiger partial charge in [-0.15, -0.1) is 0 Å². The number of halogens is 1. The van der Waals surface area contributed by atoms with Gasteiger partial charge in [-0.2, -0.15) is 0 Å². The van der Waals surface area contributed by atoms with Crippen LogP contribution in [0.25, 0.3) is 0 Å². The van der Waals surface area contributed by atoms with Crippen LogP contribution in [-0.2, 0) is 15.1 Å². The lowest BCUT2D eigenvalue weighted by molar-refractivity contribution is -0.942. The molecule has 0 fully saturated rings. The van der Waals surface area contributed by atoms with Gasteiger partial charge in [-0.25, -0.2) is 4.79 Å². The molecule has 2 aromatic carbocycles. The van der Waals surface area contributed by atoms with E-state index in [1.165, 1.54) is 4.90 Å². The molecule has 0 spiro atoms. The van der Waals surface area contributed by atoms with Gasteiger partial charge in [0.2, 0.25) is 5.60 Å². The lowest BCUT2D eigenvalue weighted by atomic mass is 9.86. The van der Waals surface area contributed by atoms with Gasteiger partial charge < -0.3 is 27.2 Å².